The summed E-state index contributed by atoms with van der Waals surface area (Å²) in [7, 11) is -0.937. The van der Waals surface area contributed by atoms with Crippen LogP contribution in [0.2, 0.25) is 5.02 Å². The van der Waals surface area contributed by atoms with Gasteiger partial charge in [-0.1, -0.05) is 29.8 Å². The van der Waals surface area contributed by atoms with Crippen LogP contribution in [0, 0.1) is 5.69 Å². The molecule has 1 aromatic heterocycles. The van der Waals surface area contributed by atoms with Crippen molar-refractivity contribution in [2.75, 3.05) is 50.9 Å². The molecule has 2 aromatic carbocycles. The van der Waals surface area contributed by atoms with Crippen LogP contribution in [0.25, 0.3) is 5.69 Å². The first-order valence-corrected chi connectivity index (χ1v) is 14.2. The Morgan fingerprint density at radius 1 is 1.13 bits per heavy atom. The molecule has 38 heavy (non-hydrogen) atoms. The van der Waals surface area contributed by atoms with Crippen molar-refractivity contribution in [3.05, 3.63) is 81.2 Å². The molecule has 0 spiro atoms. The molecule has 1 fully saturated rings. The van der Waals surface area contributed by atoms with Gasteiger partial charge in [-0.05, 0) is 42.8 Å². The predicted octanol–water partition coefficient (Wildman–Crippen LogP) is 3.83. The third-order valence-electron chi connectivity index (χ3n) is 6.15. The summed E-state index contributed by atoms with van der Waals surface area (Å²) in [5.41, 5.74) is 8.63. The van der Waals surface area contributed by atoms with E-state index in [2.05, 4.69) is 14.3 Å². The molecule has 0 bridgehead atoms. The summed E-state index contributed by atoms with van der Waals surface area (Å²) in [6.07, 6.45) is 1.66. The maximum absolute atomic E-state index is 13.5. The highest BCUT2D eigenvalue weighted by Gasteiger charge is 2.24. The summed E-state index contributed by atoms with van der Waals surface area (Å²) < 4.78 is 14.9. The first-order chi connectivity index (χ1) is 18.4. The maximum Gasteiger partial charge on any atom is 0.335 e. The molecule has 0 saturated carbocycles. The summed E-state index contributed by atoms with van der Waals surface area (Å²) in [4.78, 5) is 26.6. The molecule has 1 aliphatic rings. The molecule has 1 saturated heterocycles. The van der Waals surface area contributed by atoms with Gasteiger partial charge in [0.1, 0.15) is 12.3 Å². The molecule has 9 nitrogen and oxygen atoms in total. The van der Waals surface area contributed by atoms with Gasteiger partial charge in [0.05, 0.1) is 24.1 Å². The van der Waals surface area contributed by atoms with Crippen molar-refractivity contribution in [1.29, 1.82) is 0 Å². The largest absolute Gasteiger partial charge is 0.484 e. The first-order valence-electron chi connectivity index (χ1n) is 12.3. The zero-order valence-electron chi connectivity index (χ0n) is 21.1. The predicted molar refractivity (Wildman–Crippen MR) is 152 cm³/mol. The van der Waals surface area contributed by atoms with Gasteiger partial charge in [-0.2, -0.15) is 9.78 Å². The van der Waals surface area contributed by atoms with Crippen molar-refractivity contribution in [2.45, 2.75) is 12.7 Å². The molecule has 2 heterocycles. The Morgan fingerprint density at radius 3 is 2.53 bits per heavy atom. The minimum atomic E-state index is -0.946. The fraction of sp³-hybridized carbons (Fsp3) is 0.333. The van der Waals surface area contributed by atoms with E-state index in [9.17, 15) is 9.59 Å². The van der Waals surface area contributed by atoms with Crippen LogP contribution in [0.3, 0.4) is 0 Å². The van der Waals surface area contributed by atoms with Crippen LogP contribution < -0.4 is 15.2 Å². The standard InChI is InChI=1S/C27H31ClN4O5S/c1-3-36-15-16-37-25-24(18-29-32(26(25)33)23-6-4-5-22(28)17-23)30-11-13-31(14-12-30)38(2)19-20-7-9-21(10-8-20)27(34)35/h2,4-10,17-18,38H,3,11-16,19H2,1H3,(H,34,35). The Labute approximate surface area is 228 Å². The van der Waals surface area contributed by atoms with Gasteiger partial charge < -0.3 is 19.5 Å². The number of hydrogen-bond acceptors (Lipinski definition) is 7. The molecule has 3 aromatic rings. The molecule has 1 aliphatic heterocycles. The fourth-order valence-corrected chi connectivity index (χ4v) is 5.82. The van der Waals surface area contributed by atoms with Gasteiger partial charge in [-0.3, -0.25) is 9.10 Å². The normalized spacial score (nSPS) is 14.8. The van der Waals surface area contributed by atoms with Gasteiger partial charge in [0, 0.05) is 43.6 Å². The highest BCUT2D eigenvalue weighted by molar-refractivity contribution is 8.03. The van der Waals surface area contributed by atoms with Gasteiger partial charge in [0.15, 0.2) is 0 Å². The summed E-state index contributed by atoms with van der Waals surface area (Å²) in [5, 5.41) is 14.0. The van der Waals surface area contributed by atoms with E-state index >= 15 is 0 Å². The van der Waals surface area contributed by atoms with Gasteiger partial charge in [0.2, 0.25) is 5.75 Å². The number of halogens is 1. The molecular weight excluding hydrogens is 528 g/mol. The molecule has 1 atom stereocenters. The van der Waals surface area contributed by atoms with Crippen LogP contribution in [0.15, 0.2) is 59.5 Å². The molecule has 0 amide bonds. The van der Waals surface area contributed by atoms with Crippen LogP contribution in [-0.2, 0) is 10.5 Å². The molecular formula is C27H31ClN4O5S. The summed E-state index contributed by atoms with van der Waals surface area (Å²) in [6.45, 7) is 5.80. The van der Waals surface area contributed by atoms with E-state index < -0.39 is 16.5 Å². The highest BCUT2D eigenvalue weighted by atomic mass is 35.5. The van der Waals surface area contributed by atoms with Crippen LogP contribution in [0.5, 0.6) is 5.75 Å². The van der Waals surface area contributed by atoms with Crippen molar-refractivity contribution < 1.29 is 19.4 Å². The van der Waals surface area contributed by atoms with E-state index in [1.807, 2.05) is 19.1 Å². The van der Waals surface area contributed by atoms with E-state index in [1.54, 1.807) is 42.6 Å². The number of carboxylic acid groups (broad SMARTS) is 1. The Balaban J connectivity index is 1.48. The van der Waals surface area contributed by atoms with Gasteiger partial charge in [-0.25, -0.2) is 4.79 Å². The van der Waals surface area contributed by atoms with Crippen molar-refractivity contribution in [1.82, 2.24) is 14.1 Å². The average molecular weight is 559 g/mol. The lowest BCUT2D eigenvalue weighted by molar-refractivity contribution is 0.0697. The summed E-state index contributed by atoms with van der Waals surface area (Å²) in [6, 6.07) is 13.8. The van der Waals surface area contributed by atoms with Crippen LogP contribution in [-0.4, -0.2) is 71.2 Å². The number of aromatic nitrogens is 2. The number of carboxylic acids is 1. The lowest BCUT2D eigenvalue weighted by Crippen LogP contribution is -2.44. The average Bonchev–Trinajstić information content (AvgIpc) is 2.92. The van der Waals surface area contributed by atoms with Crippen LogP contribution >= 0.6 is 22.1 Å². The number of thiol groups is 1. The van der Waals surface area contributed by atoms with Gasteiger partial charge >= 0.3 is 11.5 Å². The lowest BCUT2D eigenvalue weighted by atomic mass is 10.1. The van der Waals surface area contributed by atoms with Crippen molar-refractivity contribution in [3.63, 3.8) is 0 Å². The molecule has 1 N–H and O–H groups in total. The SMILES string of the molecule is C#[SH](Cc1ccc(C(=O)O)cc1)N1CCN(c2cnn(-c3cccc(Cl)c3)c(=O)c2OCCOCC)CC1. The van der Waals surface area contributed by atoms with Gasteiger partial charge in [0.25, 0.3) is 0 Å². The number of rotatable bonds is 9. The third-order valence-corrected chi connectivity index (χ3v) is 8.20. The van der Waals surface area contributed by atoms with E-state index in [-0.39, 0.29) is 23.5 Å². The smallest absolute Gasteiger partial charge is 0.335 e. The Bertz CT molecular complexity index is 1400. The quantitative estimate of drug-likeness (QED) is 0.302. The number of hydrogen-bond donors (Lipinski definition) is 2. The second kappa shape index (κ2) is 13.0. The summed E-state index contributed by atoms with van der Waals surface area (Å²) in [5.74, 6) is -0.0570. The van der Waals surface area contributed by atoms with E-state index in [0.29, 0.717) is 61.5 Å². The number of aromatic carboxylic acids is 1. The molecule has 202 valence electrons. The molecule has 4 rings (SSSR count). The molecule has 1 unspecified atom stereocenters. The number of benzene rings is 2. The van der Waals surface area contributed by atoms with Crippen molar-refractivity contribution >= 4 is 33.7 Å². The second-order valence-electron chi connectivity index (χ2n) is 8.64. The monoisotopic (exact) mass is 558 g/mol. The molecule has 0 radical (unpaired) electrons. The Kier molecular flexibility index (Phi) is 9.49. The minimum absolute atomic E-state index is 0.224. The maximum atomic E-state index is 13.5. The van der Waals surface area contributed by atoms with E-state index in [0.717, 1.165) is 5.56 Å². The van der Waals surface area contributed by atoms with E-state index in [1.165, 1.54) is 4.68 Å². The van der Waals surface area contributed by atoms with Crippen LogP contribution in [0.1, 0.15) is 22.8 Å². The molecule has 0 aliphatic carbocycles. The fourth-order valence-electron chi connectivity index (χ4n) is 4.16. The van der Waals surface area contributed by atoms with Crippen molar-refractivity contribution in [3.8, 4) is 17.1 Å². The zero-order chi connectivity index (χ0) is 27.1. The number of piperazine rings is 1. The zero-order valence-corrected chi connectivity index (χ0v) is 22.8. The Hall–Kier alpha value is -3.27. The lowest BCUT2D eigenvalue weighted by Gasteiger charge is -2.37. The Morgan fingerprint density at radius 2 is 1.87 bits per heavy atom. The van der Waals surface area contributed by atoms with Crippen LogP contribution in [0.4, 0.5) is 5.69 Å². The number of ether oxygens (including phenoxy) is 2. The topological polar surface area (TPSA) is 97.1 Å². The molecule has 11 heteroatoms. The van der Waals surface area contributed by atoms with Crippen molar-refractivity contribution in [2.24, 2.45) is 0 Å². The number of nitrogens with zero attached hydrogens (tertiary/aromatic N) is 4. The number of carbonyl (C=O) groups is 1. The third kappa shape index (κ3) is 6.78. The first kappa shape index (κ1) is 27.8. The summed E-state index contributed by atoms with van der Waals surface area (Å²) >= 11 is 6.13. The minimum Gasteiger partial charge on any atom is -0.484 e. The highest BCUT2D eigenvalue weighted by Crippen LogP contribution is 2.29. The van der Waals surface area contributed by atoms with E-state index in [4.69, 9.17) is 31.9 Å². The second-order valence-corrected chi connectivity index (χ2v) is 10.8. The number of anilines is 1. The van der Waals surface area contributed by atoms with Gasteiger partial charge in [-0.15, -0.1) is 16.2 Å².